The number of rotatable bonds is 6. The van der Waals surface area contributed by atoms with E-state index >= 15 is 0 Å². The van der Waals surface area contributed by atoms with Gasteiger partial charge in [0.15, 0.2) is 0 Å². The molecule has 2 saturated heterocycles. The van der Waals surface area contributed by atoms with Crippen LogP contribution in [0.4, 0.5) is 0 Å². The van der Waals surface area contributed by atoms with Crippen LogP contribution in [0.1, 0.15) is 26.7 Å². The summed E-state index contributed by atoms with van der Waals surface area (Å²) in [5.74, 6) is 0.780. The summed E-state index contributed by atoms with van der Waals surface area (Å²) < 4.78 is 0. The molecule has 5 heteroatoms. The topological polar surface area (TPSA) is 38.8 Å². The Balaban J connectivity index is 1.56. The minimum Gasteiger partial charge on any atom is -0.356 e. The van der Waals surface area contributed by atoms with Crippen LogP contribution in [-0.4, -0.2) is 86.1 Å². The molecule has 1 N–H and O–H groups in total. The van der Waals surface area contributed by atoms with Crippen LogP contribution in [0, 0.1) is 5.92 Å². The van der Waals surface area contributed by atoms with Crippen LogP contribution in [-0.2, 0) is 4.79 Å². The molecule has 2 aliphatic heterocycles. The minimum absolute atomic E-state index is 0.101. The summed E-state index contributed by atoms with van der Waals surface area (Å²) in [5.41, 5.74) is 0. The van der Waals surface area contributed by atoms with E-state index in [1.165, 1.54) is 71.7 Å². The van der Waals surface area contributed by atoms with Gasteiger partial charge in [0.25, 0.3) is 0 Å². The predicted molar refractivity (Wildman–Crippen MR) is 86.4 cm³/mol. The van der Waals surface area contributed by atoms with Gasteiger partial charge in [-0.2, -0.15) is 0 Å². The first-order valence-corrected chi connectivity index (χ1v) is 8.59. The number of hydrogen-bond donors (Lipinski definition) is 1. The van der Waals surface area contributed by atoms with E-state index in [9.17, 15) is 4.79 Å². The van der Waals surface area contributed by atoms with E-state index in [2.05, 4.69) is 26.9 Å². The Bertz CT molecular complexity index is 307. The van der Waals surface area contributed by atoms with Crippen LogP contribution < -0.4 is 5.32 Å². The van der Waals surface area contributed by atoms with Gasteiger partial charge in [-0.25, -0.2) is 0 Å². The molecule has 0 spiro atoms. The summed E-state index contributed by atoms with van der Waals surface area (Å²) in [6, 6.07) is 0. The first-order chi connectivity index (χ1) is 10.2. The monoisotopic (exact) mass is 296 g/mol. The number of carbonyl (C=O) groups is 1. The minimum atomic E-state index is 0.101. The summed E-state index contributed by atoms with van der Waals surface area (Å²) in [7, 11) is 0. The largest absolute Gasteiger partial charge is 0.356 e. The first-order valence-electron chi connectivity index (χ1n) is 8.59. The van der Waals surface area contributed by atoms with Gasteiger partial charge in [0, 0.05) is 52.7 Å². The predicted octanol–water partition coefficient (Wildman–Crippen LogP) is 0.472. The molecule has 5 nitrogen and oxygen atoms in total. The van der Waals surface area contributed by atoms with Gasteiger partial charge < -0.3 is 15.1 Å². The van der Waals surface area contributed by atoms with Gasteiger partial charge in [-0.05, 0) is 38.4 Å². The van der Waals surface area contributed by atoms with Crippen LogP contribution in [0.2, 0.25) is 0 Å². The van der Waals surface area contributed by atoms with Crippen LogP contribution in [0.3, 0.4) is 0 Å². The van der Waals surface area contributed by atoms with Crippen molar-refractivity contribution in [1.29, 1.82) is 0 Å². The molecule has 2 fully saturated rings. The van der Waals surface area contributed by atoms with Gasteiger partial charge in [0.1, 0.15) is 0 Å². The molecule has 0 saturated carbocycles. The highest BCUT2D eigenvalue weighted by Gasteiger charge is 2.20. The lowest BCUT2D eigenvalue weighted by atomic mass is 9.97. The zero-order valence-corrected chi connectivity index (χ0v) is 13.8. The second-order valence-electron chi connectivity index (χ2n) is 6.50. The van der Waals surface area contributed by atoms with Crippen molar-refractivity contribution in [1.82, 2.24) is 20.0 Å². The maximum atomic E-state index is 10.9. The third-order valence-corrected chi connectivity index (χ3v) is 4.99. The van der Waals surface area contributed by atoms with Gasteiger partial charge in [-0.3, -0.25) is 9.69 Å². The summed E-state index contributed by atoms with van der Waals surface area (Å²) in [5, 5.41) is 2.95. The number of piperidine rings is 1. The Labute approximate surface area is 129 Å². The molecule has 2 aliphatic rings. The molecule has 0 aromatic heterocycles. The van der Waals surface area contributed by atoms with E-state index < -0.39 is 0 Å². The third-order valence-electron chi connectivity index (χ3n) is 4.99. The van der Waals surface area contributed by atoms with Gasteiger partial charge in [0.2, 0.25) is 5.91 Å². The van der Waals surface area contributed by atoms with E-state index in [4.69, 9.17) is 0 Å². The van der Waals surface area contributed by atoms with Crippen molar-refractivity contribution in [2.24, 2.45) is 5.92 Å². The molecule has 122 valence electrons. The first kappa shape index (κ1) is 16.7. The molecule has 0 atom stereocenters. The fourth-order valence-electron chi connectivity index (χ4n) is 3.31. The molecule has 1 amide bonds. The molecule has 21 heavy (non-hydrogen) atoms. The summed E-state index contributed by atoms with van der Waals surface area (Å²) in [6.07, 6.45) is 2.45. The number of hydrogen-bond acceptors (Lipinski definition) is 4. The number of likely N-dealkylation sites (N-methyl/N-ethyl adjacent to an activating group) is 1. The number of likely N-dealkylation sites (tertiary alicyclic amines) is 1. The Kier molecular flexibility index (Phi) is 6.93. The normalized spacial score (nSPS) is 23.3. The second-order valence-corrected chi connectivity index (χ2v) is 6.50. The Morgan fingerprint density at radius 3 is 2.00 bits per heavy atom. The van der Waals surface area contributed by atoms with Gasteiger partial charge in [-0.1, -0.05) is 6.92 Å². The molecule has 0 radical (unpaired) electrons. The van der Waals surface area contributed by atoms with Crippen LogP contribution >= 0.6 is 0 Å². The van der Waals surface area contributed by atoms with Gasteiger partial charge in [0.05, 0.1) is 0 Å². The molecule has 0 aliphatic carbocycles. The molecule has 0 unspecified atom stereocenters. The molecular formula is C16H32N4O. The highest BCUT2D eigenvalue weighted by Crippen LogP contribution is 2.16. The zero-order chi connectivity index (χ0) is 15.1. The van der Waals surface area contributed by atoms with Gasteiger partial charge >= 0.3 is 0 Å². The molecule has 2 rings (SSSR count). The Hall–Kier alpha value is -0.650. The molecule has 0 aromatic rings. The van der Waals surface area contributed by atoms with Crippen LogP contribution in [0.5, 0.6) is 0 Å². The van der Waals surface area contributed by atoms with Crippen LogP contribution in [0.25, 0.3) is 0 Å². The average molecular weight is 296 g/mol. The molecule has 0 bridgehead atoms. The van der Waals surface area contributed by atoms with Crippen molar-refractivity contribution < 1.29 is 4.79 Å². The van der Waals surface area contributed by atoms with E-state index in [1.807, 2.05) is 0 Å². The van der Waals surface area contributed by atoms with Gasteiger partial charge in [-0.15, -0.1) is 0 Å². The third kappa shape index (κ3) is 5.93. The number of piperazine rings is 1. The van der Waals surface area contributed by atoms with Crippen molar-refractivity contribution in [3.8, 4) is 0 Å². The standard InChI is InChI=1S/C16H32N4O/c1-3-18-8-10-20(11-9-18)13-12-19-6-4-16(5-7-19)14-17-15(2)21/h16H,3-14H2,1-2H3,(H,17,21). The maximum Gasteiger partial charge on any atom is 0.216 e. The summed E-state index contributed by atoms with van der Waals surface area (Å²) in [4.78, 5) is 18.7. The van der Waals surface area contributed by atoms with E-state index in [0.29, 0.717) is 5.92 Å². The Morgan fingerprint density at radius 1 is 0.952 bits per heavy atom. The number of nitrogens with one attached hydrogen (secondary N) is 1. The maximum absolute atomic E-state index is 10.9. The second kappa shape index (κ2) is 8.71. The smallest absolute Gasteiger partial charge is 0.216 e. The summed E-state index contributed by atoms with van der Waals surface area (Å²) >= 11 is 0. The van der Waals surface area contributed by atoms with Crippen molar-refractivity contribution in [3.63, 3.8) is 0 Å². The molecular weight excluding hydrogens is 264 g/mol. The fourth-order valence-corrected chi connectivity index (χ4v) is 3.31. The van der Waals surface area contributed by atoms with Crippen LogP contribution in [0.15, 0.2) is 0 Å². The van der Waals surface area contributed by atoms with Crippen molar-refractivity contribution in [2.45, 2.75) is 26.7 Å². The highest BCUT2D eigenvalue weighted by molar-refractivity contribution is 5.72. The fraction of sp³-hybridized carbons (Fsp3) is 0.938. The lowest BCUT2D eigenvalue weighted by Gasteiger charge is -2.37. The highest BCUT2D eigenvalue weighted by atomic mass is 16.1. The average Bonchev–Trinajstić information content (AvgIpc) is 2.52. The number of carbonyl (C=O) groups excluding carboxylic acids is 1. The molecule has 2 heterocycles. The van der Waals surface area contributed by atoms with E-state index in [-0.39, 0.29) is 5.91 Å². The SMILES string of the molecule is CCN1CCN(CCN2CCC(CNC(C)=O)CC2)CC1. The van der Waals surface area contributed by atoms with Crippen molar-refractivity contribution in [3.05, 3.63) is 0 Å². The number of nitrogens with zero attached hydrogens (tertiary/aromatic N) is 3. The Morgan fingerprint density at radius 2 is 1.48 bits per heavy atom. The zero-order valence-electron chi connectivity index (χ0n) is 13.8. The van der Waals surface area contributed by atoms with E-state index in [0.717, 1.165) is 6.54 Å². The van der Waals surface area contributed by atoms with E-state index in [1.54, 1.807) is 6.92 Å². The number of amides is 1. The summed E-state index contributed by atoms with van der Waals surface area (Å²) in [6.45, 7) is 15.6. The van der Waals surface area contributed by atoms with Crippen molar-refractivity contribution in [2.75, 3.05) is 65.4 Å². The lowest BCUT2D eigenvalue weighted by Crippen LogP contribution is -2.49. The van der Waals surface area contributed by atoms with Crippen molar-refractivity contribution >= 4 is 5.91 Å². The quantitative estimate of drug-likeness (QED) is 0.773. The lowest BCUT2D eigenvalue weighted by molar-refractivity contribution is -0.119. The molecule has 0 aromatic carbocycles.